The van der Waals surface area contributed by atoms with Crippen LogP contribution >= 0.6 is 0 Å². The van der Waals surface area contributed by atoms with E-state index in [2.05, 4.69) is 5.32 Å². The van der Waals surface area contributed by atoms with E-state index in [1.54, 1.807) is 19.2 Å². The van der Waals surface area contributed by atoms with Crippen molar-refractivity contribution in [1.82, 2.24) is 9.80 Å². The maximum atomic E-state index is 12.3. The van der Waals surface area contributed by atoms with Crippen molar-refractivity contribution in [1.29, 1.82) is 0 Å². The molecular formula is C14H19N3O2. The van der Waals surface area contributed by atoms with E-state index in [0.717, 1.165) is 13.0 Å². The number of nitrogens with one attached hydrogen (secondary N) is 1. The molecule has 0 spiro atoms. The van der Waals surface area contributed by atoms with Crippen LogP contribution in [-0.2, 0) is 0 Å². The van der Waals surface area contributed by atoms with Crippen molar-refractivity contribution in [3.63, 3.8) is 0 Å². The second-order valence-electron chi connectivity index (χ2n) is 4.90. The standard InChI is InChI=1S/C14H19N3O2/c1-15-11-7-4-6-10-12(11)14(19)17(13(10)18)9-5-8-16(2)3/h4,6-7,15H,5,8-9H2,1-3H3. The molecule has 0 atom stereocenters. The fourth-order valence-corrected chi connectivity index (χ4v) is 2.29. The average molecular weight is 261 g/mol. The van der Waals surface area contributed by atoms with E-state index < -0.39 is 0 Å². The zero-order valence-corrected chi connectivity index (χ0v) is 11.6. The van der Waals surface area contributed by atoms with E-state index in [1.165, 1.54) is 4.90 Å². The van der Waals surface area contributed by atoms with Crippen molar-refractivity contribution >= 4 is 17.5 Å². The van der Waals surface area contributed by atoms with Gasteiger partial charge in [0.25, 0.3) is 11.8 Å². The lowest BCUT2D eigenvalue weighted by atomic mass is 10.1. The van der Waals surface area contributed by atoms with Crippen molar-refractivity contribution in [3.8, 4) is 0 Å². The number of anilines is 1. The molecule has 0 radical (unpaired) electrons. The Hall–Kier alpha value is -1.88. The highest BCUT2D eigenvalue weighted by Crippen LogP contribution is 2.29. The molecule has 1 aliphatic heterocycles. The fraction of sp³-hybridized carbons (Fsp3) is 0.429. The minimum Gasteiger partial charge on any atom is -0.387 e. The van der Waals surface area contributed by atoms with Crippen LogP contribution in [0.2, 0.25) is 0 Å². The van der Waals surface area contributed by atoms with Crippen molar-refractivity contribution in [2.45, 2.75) is 6.42 Å². The molecule has 5 heteroatoms. The summed E-state index contributed by atoms with van der Waals surface area (Å²) < 4.78 is 0. The predicted octanol–water partition coefficient (Wildman–Crippen LogP) is 1.28. The van der Waals surface area contributed by atoms with Crippen LogP contribution in [-0.4, -0.2) is 55.8 Å². The van der Waals surface area contributed by atoms with Crippen LogP contribution in [0.1, 0.15) is 27.1 Å². The lowest BCUT2D eigenvalue weighted by Crippen LogP contribution is -2.32. The molecule has 0 bridgehead atoms. The van der Waals surface area contributed by atoms with Crippen molar-refractivity contribution in [2.75, 3.05) is 39.5 Å². The molecule has 0 saturated heterocycles. The Balaban J connectivity index is 2.19. The number of carbonyl (C=O) groups is 2. The maximum absolute atomic E-state index is 12.3. The van der Waals surface area contributed by atoms with Crippen LogP contribution in [0, 0.1) is 0 Å². The summed E-state index contributed by atoms with van der Waals surface area (Å²) in [6.45, 7) is 1.32. The SMILES string of the molecule is CNc1cccc2c1C(=O)N(CCCN(C)C)C2=O. The van der Waals surface area contributed by atoms with Gasteiger partial charge in [0.1, 0.15) is 0 Å². The molecule has 1 aromatic carbocycles. The van der Waals surface area contributed by atoms with Crippen molar-refractivity contribution in [2.24, 2.45) is 0 Å². The minimum absolute atomic E-state index is 0.184. The highest BCUT2D eigenvalue weighted by atomic mass is 16.2. The van der Waals surface area contributed by atoms with Crippen LogP contribution in [0.5, 0.6) is 0 Å². The first kappa shape index (κ1) is 13.5. The van der Waals surface area contributed by atoms with Gasteiger partial charge in [0.15, 0.2) is 0 Å². The van der Waals surface area contributed by atoms with Crippen LogP contribution < -0.4 is 5.32 Å². The van der Waals surface area contributed by atoms with Gasteiger partial charge >= 0.3 is 0 Å². The second-order valence-corrected chi connectivity index (χ2v) is 4.90. The molecule has 0 saturated carbocycles. The Morgan fingerprint density at radius 1 is 1.21 bits per heavy atom. The molecule has 0 aromatic heterocycles. The third-order valence-corrected chi connectivity index (χ3v) is 3.26. The monoisotopic (exact) mass is 261 g/mol. The summed E-state index contributed by atoms with van der Waals surface area (Å²) >= 11 is 0. The van der Waals surface area contributed by atoms with Gasteiger partial charge in [-0.15, -0.1) is 0 Å². The van der Waals surface area contributed by atoms with E-state index in [1.807, 2.05) is 25.1 Å². The Labute approximate surface area is 113 Å². The summed E-state index contributed by atoms with van der Waals surface area (Å²) in [5, 5.41) is 2.97. The van der Waals surface area contributed by atoms with Crippen LogP contribution in [0.3, 0.4) is 0 Å². The van der Waals surface area contributed by atoms with Gasteiger partial charge in [0.2, 0.25) is 0 Å². The predicted molar refractivity (Wildman–Crippen MR) is 74.5 cm³/mol. The number of nitrogens with zero attached hydrogens (tertiary/aromatic N) is 2. The van der Waals surface area contributed by atoms with Gasteiger partial charge < -0.3 is 10.2 Å². The van der Waals surface area contributed by atoms with Gasteiger partial charge in [0.05, 0.1) is 11.1 Å². The van der Waals surface area contributed by atoms with Gasteiger partial charge in [-0.05, 0) is 39.2 Å². The molecule has 0 aliphatic carbocycles. The number of rotatable bonds is 5. The van der Waals surface area contributed by atoms with E-state index in [9.17, 15) is 9.59 Å². The molecule has 1 aliphatic rings. The van der Waals surface area contributed by atoms with Gasteiger partial charge in [-0.3, -0.25) is 14.5 Å². The fourth-order valence-electron chi connectivity index (χ4n) is 2.29. The van der Waals surface area contributed by atoms with Crippen molar-refractivity contribution in [3.05, 3.63) is 29.3 Å². The molecule has 1 heterocycles. The Morgan fingerprint density at radius 3 is 2.58 bits per heavy atom. The number of hydrogen-bond donors (Lipinski definition) is 1. The quantitative estimate of drug-likeness (QED) is 0.811. The summed E-state index contributed by atoms with van der Waals surface area (Å²) in [7, 11) is 5.70. The van der Waals surface area contributed by atoms with Gasteiger partial charge in [-0.25, -0.2) is 0 Å². The van der Waals surface area contributed by atoms with E-state index >= 15 is 0 Å². The van der Waals surface area contributed by atoms with Gasteiger partial charge in [0, 0.05) is 19.3 Å². The zero-order chi connectivity index (χ0) is 14.0. The molecule has 1 N–H and O–H groups in total. The maximum Gasteiger partial charge on any atom is 0.263 e. The number of imide groups is 1. The summed E-state index contributed by atoms with van der Waals surface area (Å²) in [4.78, 5) is 27.9. The molecule has 2 rings (SSSR count). The van der Waals surface area contributed by atoms with Crippen LogP contribution in [0.15, 0.2) is 18.2 Å². The minimum atomic E-state index is -0.191. The van der Waals surface area contributed by atoms with E-state index in [4.69, 9.17) is 0 Å². The first-order chi connectivity index (χ1) is 9.06. The summed E-state index contributed by atoms with van der Waals surface area (Å²) in [6.07, 6.45) is 0.785. The lowest BCUT2D eigenvalue weighted by Gasteiger charge is -2.15. The number of fused-ring (bicyclic) bond motifs is 1. The first-order valence-electron chi connectivity index (χ1n) is 6.38. The van der Waals surface area contributed by atoms with Gasteiger partial charge in [-0.1, -0.05) is 6.07 Å². The Kier molecular flexibility index (Phi) is 3.85. The smallest absolute Gasteiger partial charge is 0.263 e. The molecule has 19 heavy (non-hydrogen) atoms. The largest absolute Gasteiger partial charge is 0.387 e. The number of hydrogen-bond acceptors (Lipinski definition) is 4. The lowest BCUT2D eigenvalue weighted by molar-refractivity contribution is 0.0650. The van der Waals surface area contributed by atoms with Crippen LogP contribution in [0.25, 0.3) is 0 Å². The number of amides is 2. The molecule has 102 valence electrons. The third kappa shape index (κ3) is 2.46. The number of carbonyl (C=O) groups excluding carboxylic acids is 2. The highest BCUT2D eigenvalue weighted by Gasteiger charge is 2.36. The Morgan fingerprint density at radius 2 is 1.95 bits per heavy atom. The summed E-state index contributed by atoms with van der Waals surface area (Å²) in [5.74, 6) is -0.375. The van der Waals surface area contributed by atoms with Crippen molar-refractivity contribution < 1.29 is 9.59 Å². The second kappa shape index (κ2) is 5.40. The third-order valence-electron chi connectivity index (χ3n) is 3.26. The number of benzene rings is 1. The summed E-state index contributed by atoms with van der Waals surface area (Å²) in [5.41, 5.74) is 1.72. The Bertz CT molecular complexity index is 511. The van der Waals surface area contributed by atoms with E-state index in [-0.39, 0.29) is 11.8 Å². The van der Waals surface area contributed by atoms with Crippen LogP contribution in [0.4, 0.5) is 5.69 Å². The van der Waals surface area contributed by atoms with E-state index in [0.29, 0.717) is 23.4 Å². The van der Waals surface area contributed by atoms with Gasteiger partial charge in [-0.2, -0.15) is 0 Å². The molecular weight excluding hydrogens is 242 g/mol. The summed E-state index contributed by atoms with van der Waals surface area (Å²) in [6, 6.07) is 5.31. The molecule has 1 aromatic rings. The average Bonchev–Trinajstić information content (AvgIpc) is 2.63. The molecule has 0 unspecified atom stereocenters. The molecule has 2 amide bonds. The molecule has 5 nitrogen and oxygen atoms in total. The first-order valence-corrected chi connectivity index (χ1v) is 6.38. The molecule has 0 fully saturated rings. The normalized spacial score (nSPS) is 14.2. The topological polar surface area (TPSA) is 52.7 Å². The highest BCUT2D eigenvalue weighted by molar-refractivity contribution is 6.23. The zero-order valence-electron chi connectivity index (χ0n) is 11.6.